The molecule has 180 valence electrons. The van der Waals surface area contributed by atoms with Crippen molar-refractivity contribution in [2.75, 3.05) is 25.1 Å². The molecule has 7 nitrogen and oxygen atoms in total. The maximum atomic E-state index is 13.2. The smallest absolute Gasteiger partial charge is 0.253 e. The summed E-state index contributed by atoms with van der Waals surface area (Å²) in [5.41, 5.74) is 10.5. The van der Waals surface area contributed by atoms with Gasteiger partial charge in [-0.1, -0.05) is 12.1 Å². The second-order valence-electron chi connectivity index (χ2n) is 8.61. The van der Waals surface area contributed by atoms with Crippen LogP contribution in [0.1, 0.15) is 54.9 Å². The minimum absolute atomic E-state index is 0.0330. The Morgan fingerprint density at radius 3 is 2.34 bits per heavy atom. The van der Waals surface area contributed by atoms with Gasteiger partial charge in [-0.25, -0.2) is 0 Å². The number of amides is 1. The summed E-state index contributed by atoms with van der Waals surface area (Å²) in [6, 6.07) is 16.9. The number of nitrogens with zero attached hydrogens (tertiary/aromatic N) is 3. The van der Waals surface area contributed by atoms with Crippen LogP contribution in [0, 0.1) is 11.3 Å². The first-order chi connectivity index (χ1) is 16.9. The molecule has 0 aromatic heterocycles. The number of ether oxygens (including phenoxy) is 1. The molecule has 0 spiro atoms. The number of carbonyl (C=O) groups is 2. The Kier molecular flexibility index (Phi) is 6.92. The Bertz CT molecular complexity index is 1230. The number of allylic oxidation sites excluding steroid dienone is 3. The molecule has 1 aliphatic carbocycles. The van der Waals surface area contributed by atoms with Gasteiger partial charge in [0.25, 0.3) is 5.91 Å². The van der Waals surface area contributed by atoms with Crippen molar-refractivity contribution < 1.29 is 14.3 Å². The number of benzene rings is 2. The van der Waals surface area contributed by atoms with E-state index in [1.54, 1.807) is 24.1 Å². The largest absolute Gasteiger partial charge is 0.497 e. The monoisotopic (exact) mass is 470 g/mol. The molecule has 2 N–H and O–H groups in total. The molecule has 4 rings (SSSR count). The number of anilines is 1. The molecular formula is C28H30N4O3. The van der Waals surface area contributed by atoms with E-state index in [9.17, 15) is 14.9 Å². The highest BCUT2D eigenvalue weighted by atomic mass is 16.5. The van der Waals surface area contributed by atoms with Crippen molar-refractivity contribution in [1.29, 1.82) is 5.26 Å². The Balaban J connectivity index is 1.81. The SMILES string of the molecule is CCN(CC)C(=O)c1ccc(N2C(N)=C(C#N)[C@H](c3ccc(OC)cc3)C3=C2CCCC3=O)cc1. The van der Waals surface area contributed by atoms with Crippen molar-refractivity contribution in [1.82, 2.24) is 4.90 Å². The van der Waals surface area contributed by atoms with Gasteiger partial charge in [-0.05, 0) is 68.7 Å². The van der Waals surface area contributed by atoms with Gasteiger partial charge >= 0.3 is 0 Å². The molecule has 2 aliphatic rings. The lowest BCUT2D eigenvalue weighted by molar-refractivity contribution is -0.116. The molecule has 0 unspecified atom stereocenters. The van der Waals surface area contributed by atoms with Crippen molar-refractivity contribution >= 4 is 17.4 Å². The van der Waals surface area contributed by atoms with Gasteiger partial charge in [-0.3, -0.25) is 14.5 Å². The maximum absolute atomic E-state index is 13.2. The van der Waals surface area contributed by atoms with Crippen LogP contribution in [0.25, 0.3) is 0 Å². The van der Waals surface area contributed by atoms with Crippen LogP contribution in [0.3, 0.4) is 0 Å². The number of methoxy groups -OCH3 is 1. The summed E-state index contributed by atoms with van der Waals surface area (Å²) in [7, 11) is 1.60. The molecule has 2 aromatic rings. The molecule has 2 aromatic carbocycles. The Hall–Kier alpha value is -4.05. The maximum Gasteiger partial charge on any atom is 0.253 e. The number of nitrogens with two attached hydrogens (primary N) is 1. The van der Waals surface area contributed by atoms with Crippen LogP contribution >= 0.6 is 0 Å². The number of hydrogen-bond acceptors (Lipinski definition) is 6. The van der Waals surface area contributed by atoms with Gasteiger partial charge < -0.3 is 15.4 Å². The zero-order valence-corrected chi connectivity index (χ0v) is 20.4. The first-order valence-corrected chi connectivity index (χ1v) is 11.9. The molecule has 0 saturated heterocycles. The topological polar surface area (TPSA) is 99.7 Å². The lowest BCUT2D eigenvalue weighted by Crippen LogP contribution is -2.38. The van der Waals surface area contributed by atoms with Crippen LogP contribution in [0.15, 0.2) is 71.2 Å². The average Bonchev–Trinajstić information content (AvgIpc) is 2.89. The first kappa shape index (κ1) is 24.1. The summed E-state index contributed by atoms with van der Waals surface area (Å²) in [6.45, 7) is 5.17. The van der Waals surface area contributed by atoms with Crippen LogP contribution in [-0.4, -0.2) is 36.8 Å². The molecule has 0 bridgehead atoms. The molecule has 35 heavy (non-hydrogen) atoms. The zero-order chi connectivity index (χ0) is 25.1. The molecular weight excluding hydrogens is 440 g/mol. The van der Waals surface area contributed by atoms with Crippen molar-refractivity contribution in [2.45, 2.75) is 39.0 Å². The number of ketones is 1. The van der Waals surface area contributed by atoms with E-state index >= 15 is 0 Å². The third-order valence-electron chi connectivity index (χ3n) is 6.79. The Morgan fingerprint density at radius 2 is 1.77 bits per heavy atom. The molecule has 0 fully saturated rings. The number of Topliss-reactive ketones (excluding diaryl/α,β-unsaturated/α-hetero) is 1. The molecule has 0 radical (unpaired) electrons. The van der Waals surface area contributed by atoms with E-state index in [-0.39, 0.29) is 11.7 Å². The van der Waals surface area contributed by atoms with Crippen molar-refractivity contribution in [3.63, 3.8) is 0 Å². The minimum atomic E-state index is -0.520. The summed E-state index contributed by atoms with van der Waals surface area (Å²) >= 11 is 0. The van der Waals surface area contributed by atoms with Gasteiger partial charge in [0.2, 0.25) is 0 Å². The minimum Gasteiger partial charge on any atom is -0.497 e. The van der Waals surface area contributed by atoms with Crippen LogP contribution in [0.2, 0.25) is 0 Å². The molecule has 1 amide bonds. The second kappa shape index (κ2) is 10.1. The molecule has 0 saturated carbocycles. The molecule has 1 atom stereocenters. The quantitative estimate of drug-likeness (QED) is 0.668. The van der Waals surface area contributed by atoms with Crippen LogP contribution in [0.4, 0.5) is 5.69 Å². The number of nitriles is 1. The normalized spacial score (nSPS) is 17.7. The van der Waals surface area contributed by atoms with E-state index in [2.05, 4.69) is 6.07 Å². The predicted molar refractivity (Wildman–Crippen MR) is 135 cm³/mol. The van der Waals surface area contributed by atoms with Crippen LogP contribution < -0.4 is 15.4 Å². The summed E-state index contributed by atoms with van der Waals surface area (Å²) < 4.78 is 5.27. The fraction of sp³-hybridized carbons (Fsp3) is 0.321. The summed E-state index contributed by atoms with van der Waals surface area (Å²) in [5.74, 6) is 0.489. The third-order valence-corrected chi connectivity index (χ3v) is 6.79. The van der Waals surface area contributed by atoms with Gasteiger partial charge in [0.1, 0.15) is 11.6 Å². The van der Waals surface area contributed by atoms with Crippen molar-refractivity contribution in [3.05, 3.63) is 82.3 Å². The van der Waals surface area contributed by atoms with Gasteiger partial charge in [-0.15, -0.1) is 0 Å². The van der Waals surface area contributed by atoms with E-state index in [4.69, 9.17) is 10.5 Å². The fourth-order valence-electron chi connectivity index (χ4n) is 4.96. The predicted octanol–water partition coefficient (Wildman–Crippen LogP) is 4.48. The van der Waals surface area contributed by atoms with E-state index in [0.717, 1.165) is 23.4 Å². The summed E-state index contributed by atoms with van der Waals surface area (Å²) in [6.07, 6.45) is 1.83. The van der Waals surface area contributed by atoms with Gasteiger partial charge in [0.05, 0.1) is 24.7 Å². The number of rotatable bonds is 6. The van der Waals surface area contributed by atoms with Crippen molar-refractivity contribution in [2.24, 2.45) is 5.73 Å². The zero-order valence-electron chi connectivity index (χ0n) is 20.4. The molecule has 7 heteroatoms. The fourth-order valence-corrected chi connectivity index (χ4v) is 4.96. The Morgan fingerprint density at radius 1 is 1.11 bits per heavy atom. The van der Waals surface area contributed by atoms with Crippen molar-refractivity contribution in [3.8, 4) is 11.8 Å². The average molecular weight is 471 g/mol. The van der Waals surface area contributed by atoms with E-state index in [1.165, 1.54) is 0 Å². The third kappa shape index (κ3) is 4.28. The van der Waals surface area contributed by atoms with Crippen LogP contribution in [0.5, 0.6) is 5.75 Å². The lowest BCUT2D eigenvalue weighted by atomic mass is 9.75. The lowest BCUT2D eigenvalue weighted by Gasteiger charge is -2.39. The van der Waals surface area contributed by atoms with Crippen LogP contribution in [-0.2, 0) is 4.79 Å². The van der Waals surface area contributed by atoms with Gasteiger partial charge in [-0.2, -0.15) is 5.26 Å². The van der Waals surface area contributed by atoms with Gasteiger partial charge in [0, 0.05) is 42.0 Å². The van der Waals surface area contributed by atoms with Gasteiger partial charge in [0.15, 0.2) is 5.78 Å². The number of carbonyl (C=O) groups excluding carboxylic acids is 2. The highest BCUT2D eigenvalue weighted by molar-refractivity contribution is 6.01. The summed E-state index contributed by atoms with van der Waals surface area (Å²) in [4.78, 5) is 29.6. The molecule has 1 aliphatic heterocycles. The standard InChI is InChI=1S/C28H30N4O3/c1-4-31(5-2)28(34)19-9-13-20(14-10-19)32-23-7-6-8-24(33)26(23)25(22(17-29)27(32)30)18-11-15-21(35-3)16-12-18/h9-16,25H,4-8,30H2,1-3H3/t25-/m0/s1. The Labute approximate surface area is 206 Å². The van der Waals surface area contributed by atoms with E-state index < -0.39 is 5.92 Å². The van der Waals surface area contributed by atoms with E-state index in [0.29, 0.717) is 54.2 Å². The first-order valence-electron chi connectivity index (χ1n) is 11.9. The second-order valence-corrected chi connectivity index (χ2v) is 8.61. The summed E-state index contributed by atoms with van der Waals surface area (Å²) in [5, 5.41) is 10.1. The highest BCUT2D eigenvalue weighted by Gasteiger charge is 2.40. The highest BCUT2D eigenvalue weighted by Crippen LogP contribution is 2.46. The van der Waals surface area contributed by atoms with E-state index in [1.807, 2.05) is 55.1 Å². The number of hydrogen-bond donors (Lipinski definition) is 1. The molecule has 1 heterocycles.